The molecule has 6 nitrogen and oxygen atoms in total. The summed E-state index contributed by atoms with van der Waals surface area (Å²) in [5.74, 6) is -2.30. The normalized spacial score (nSPS) is 10.5. The molecule has 0 saturated carbocycles. The average Bonchev–Trinajstić information content (AvgIpc) is 2.72. The van der Waals surface area contributed by atoms with Gasteiger partial charge in [0.05, 0.1) is 11.1 Å². The van der Waals surface area contributed by atoms with Crippen LogP contribution in [-0.4, -0.2) is 36.2 Å². The highest BCUT2D eigenvalue weighted by Gasteiger charge is 2.18. The van der Waals surface area contributed by atoms with E-state index in [0.29, 0.717) is 12.1 Å². The molecule has 0 atom stereocenters. The molecule has 0 amide bonds. The molecule has 3 aromatic rings. The van der Waals surface area contributed by atoms with Crippen molar-refractivity contribution in [3.63, 3.8) is 0 Å². The number of para-hydroxylation sites is 1. The summed E-state index contributed by atoms with van der Waals surface area (Å²) >= 11 is 0. The van der Waals surface area contributed by atoms with Gasteiger partial charge in [-0.05, 0) is 53.9 Å². The van der Waals surface area contributed by atoms with E-state index in [2.05, 4.69) is 5.32 Å². The lowest BCUT2D eigenvalue weighted by molar-refractivity contribution is 0.0696. The number of nitrogens with one attached hydrogen (secondary N) is 1. The standard InChI is InChI=1S/C24H24N2O4/c1-15-20(23(27)28)12-17(13-21(15)24(29)30)19-6-4-5-7-22(19)25-14-16-8-10-18(11-9-16)26(2)3/h4-13,25H,14H2,1-3H3,(H,27,28)(H,29,30). The van der Waals surface area contributed by atoms with Crippen molar-refractivity contribution in [1.82, 2.24) is 0 Å². The maximum Gasteiger partial charge on any atom is 0.335 e. The maximum atomic E-state index is 11.6. The van der Waals surface area contributed by atoms with E-state index < -0.39 is 11.9 Å². The van der Waals surface area contributed by atoms with Crippen molar-refractivity contribution in [3.8, 4) is 11.1 Å². The molecule has 6 heteroatoms. The quantitative estimate of drug-likeness (QED) is 0.527. The van der Waals surface area contributed by atoms with E-state index in [-0.39, 0.29) is 16.7 Å². The van der Waals surface area contributed by atoms with Crippen LogP contribution < -0.4 is 10.2 Å². The van der Waals surface area contributed by atoms with E-state index in [1.165, 1.54) is 19.1 Å². The van der Waals surface area contributed by atoms with Crippen molar-refractivity contribution >= 4 is 23.3 Å². The number of carbonyl (C=O) groups is 2. The third-order valence-corrected chi connectivity index (χ3v) is 5.04. The number of rotatable bonds is 7. The Bertz CT molecular complexity index is 1050. The zero-order chi connectivity index (χ0) is 21.8. The number of hydrogen-bond donors (Lipinski definition) is 3. The molecule has 3 rings (SSSR count). The molecular formula is C24H24N2O4. The van der Waals surface area contributed by atoms with Crippen molar-refractivity contribution in [2.45, 2.75) is 13.5 Å². The molecule has 0 heterocycles. The van der Waals surface area contributed by atoms with Crippen molar-refractivity contribution in [2.24, 2.45) is 0 Å². The summed E-state index contributed by atoms with van der Waals surface area (Å²) < 4.78 is 0. The molecule has 0 aliphatic rings. The largest absolute Gasteiger partial charge is 0.478 e. The molecule has 3 aromatic carbocycles. The third kappa shape index (κ3) is 4.43. The molecule has 154 valence electrons. The van der Waals surface area contributed by atoms with Crippen LogP contribution in [0.15, 0.2) is 60.7 Å². The van der Waals surface area contributed by atoms with Gasteiger partial charge >= 0.3 is 11.9 Å². The molecule has 0 radical (unpaired) electrons. The Morgan fingerprint density at radius 1 is 0.900 bits per heavy atom. The Morgan fingerprint density at radius 3 is 2.00 bits per heavy atom. The van der Waals surface area contributed by atoms with Crippen LogP contribution in [0.1, 0.15) is 31.8 Å². The summed E-state index contributed by atoms with van der Waals surface area (Å²) in [5.41, 5.74) is 4.50. The summed E-state index contributed by atoms with van der Waals surface area (Å²) in [7, 11) is 3.98. The molecule has 3 N–H and O–H groups in total. The lowest BCUT2D eigenvalue weighted by Crippen LogP contribution is -2.09. The number of benzene rings is 3. The van der Waals surface area contributed by atoms with Gasteiger partial charge in [-0.15, -0.1) is 0 Å². The highest BCUT2D eigenvalue weighted by atomic mass is 16.4. The van der Waals surface area contributed by atoms with E-state index >= 15 is 0 Å². The molecule has 0 saturated heterocycles. The Labute approximate surface area is 175 Å². The topological polar surface area (TPSA) is 89.9 Å². The first-order chi connectivity index (χ1) is 14.3. The second-order valence-electron chi connectivity index (χ2n) is 7.27. The second-order valence-corrected chi connectivity index (χ2v) is 7.27. The van der Waals surface area contributed by atoms with Crippen LogP contribution in [-0.2, 0) is 6.54 Å². The molecule has 0 unspecified atom stereocenters. The first kappa shape index (κ1) is 20.9. The number of nitrogens with zero attached hydrogens (tertiary/aromatic N) is 1. The van der Waals surface area contributed by atoms with Gasteiger partial charge in [0.1, 0.15) is 0 Å². The maximum absolute atomic E-state index is 11.6. The SMILES string of the molecule is Cc1c(C(=O)O)cc(-c2ccccc2NCc2ccc(N(C)C)cc2)cc1C(=O)O. The molecule has 0 aromatic heterocycles. The van der Waals surface area contributed by atoms with Crippen LogP contribution in [0, 0.1) is 6.92 Å². The monoisotopic (exact) mass is 404 g/mol. The average molecular weight is 404 g/mol. The Morgan fingerprint density at radius 2 is 1.47 bits per heavy atom. The predicted molar refractivity (Wildman–Crippen MR) is 119 cm³/mol. The van der Waals surface area contributed by atoms with Crippen molar-refractivity contribution in [3.05, 3.63) is 82.9 Å². The third-order valence-electron chi connectivity index (χ3n) is 5.04. The fourth-order valence-electron chi connectivity index (χ4n) is 3.31. The molecular weight excluding hydrogens is 380 g/mol. The fraction of sp³-hybridized carbons (Fsp3) is 0.167. The molecule has 30 heavy (non-hydrogen) atoms. The van der Waals surface area contributed by atoms with Crippen molar-refractivity contribution < 1.29 is 19.8 Å². The van der Waals surface area contributed by atoms with Gasteiger partial charge in [-0.1, -0.05) is 30.3 Å². The first-order valence-corrected chi connectivity index (χ1v) is 9.48. The van der Waals surface area contributed by atoms with Crippen LogP contribution in [0.2, 0.25) is 0 Å². The van der Waals surface area contributed by atoms with Crippen LogP contribution in [0.25, 0.3) is 11.1 Å². The first-order valence-electron chi connectivity index (χ1n) is 9.48. The molecule has 0 aliphatic carbocycles. The van der Waals surface area contributed by atoms with Gasteiger partial charge in [-0.25, -0.2) is 9.59 Å². The van der Waals surface area contributed by atoms with Crippen LogP contribution in [0.5, 0.6) is 0 Å². The van der Waals surface area contributed by atoms with Crippen molar-refractivity contribution in [1.29, 1.82) is 0 Å². The van der Waals surface area contributed by atoms with Gasteiger partial charge in [-0.3, -0.25) is 0 Å². The number of aromatic carboxylic acids is 2. The van der Waals surface area contributed by atoms with Crippen LogP contribution >= 0.6 is 0 Å². The Hall–Kier alpha value is -3.80. The summed E-state index contributed by atoms with van der Waals surface area (Å²) in [4.78, 5) is 25.3. The van der Waals surface area contributed by atoms with E-state index in [1.54, 1.807) is 0 Å². The van der Waals surface area contributed by atoms with E-state index in [0.717, 1.165) is 22.5 Å². The smallest absolute Gasteiger partial charge is 0.335 e. The lowest BCUT2D eigenvalue weighted by atomic mass is 9.94. The van der Waals surface area contributed by atoms with Gasteiger partial charge in [0.25, 0.3) is 0 Å². The Balaban J connectivity index is 1.95. The summed E-state index contributed by atoms with van der Waals surface area (Å²) in [6.07, 6.45) is 0. The van der Waals surface area contributed by atoms with Crippen molar-refractivity contribution in [2.75, 3.05) is 24.3 Å². The number of hydrogen-bond acceptors (Lipinski definition) is 4. The summed E-state index contributed by atoms with van der Waals surface area (Å²) in [6, 6.07) is 18.7. The minimum atomic E-state index is -1.15. The molecule has 0 spiro atoms. The van der Waals surface area contributed by atoms with Gasteiger partial charge in [-0.2, -0.15) is 0 Å². The molecule has 0 fully saturated rings. The van der Waals surface area contributed by atoms with Gasteiger partial charge in [0, 0.05) is 37.6 Å². The van der Waals surface area contributed by atoms with E-state index in [1.807, 2.05) is 67.5 Å². The molecule has 0 bridgehead atoms. The summed E-state index contributed by atoms with van der Waals surface area (Å²) in [6.45, 7) is 2.09. The van der Waals surface area contributed by atoms with E-state index in [9.17, 15) is 19.8 Å². The number of anilines is 2. The lowest BCUT2D eigenvalue weighted by Gasteiger charge is -2.16. The van der Waals surface area contributed by atoms with Crippen LogP contribution in [0.4, 0.5) is 11.4 Å². The number of carboxylic acid groups (broad SMARTS) is 2. The van der Waals surface area contributed by atoms with Gasteiger partial charge < -0.3 is 20.4 Å². The highest BCUT2D eigenvalue weighted by molar-refractivity contribution is 5.99. The minimum absolute atomic E-state index is 0.0148. The van der Waals surface area contributed by atoms with Gasteiger partial charge in [0.15, 0.2) is 0 Å². The van der Waals surface area contributed by atoms with Crippen LogP contribution in [0.3, 0.4) is 0 Å². The van der Waals surface area contributed by atoms with Gasteiger partial charge in [0.2, 0.25) is 0 Å². The predicted octanol–water partition coefficient (Wildman–Crippen LogP) is 4.74. The van der Waals surface area contributed by atoms with E-state index in [4.69, 9.17) is 0 Å². The number of carboxylic acids is 2. The zero-order valence-corrected chi connectivity index (χ0v) is 17.1. The highest BCUT2D eigenvalue weighted by Crippen LogP contribution is 2.31. The molecule has 0 aliphatic heterocycles. The zero-order valence-electron chi connectivity index (χ0n) is 17.1. The minimum Gasteiger partial charge on any atom is -0.478 e. The Kier molecular flexibility index (Phi) is 6.06. The summed E-state index contributed by atoms with van der Waals surface area (Å²) in [5, 5.41) is 22.4. The fourth-order valence-corrected chi connectivity index (χ4v) is 3.31. The second kappa shape index (κ2) is 8.69.